The molecule has 0 radical (unpaired) electrons. The van der Waals surface area contributed by atoms with Gasteiger partial charge in [-0.05, 0) is 49.1 Å². The van der Waals surface area contributed by atoms with E-state index in [1.807, 2.05) is 12.3 Å². The third-order valence-electron chi connectivity index (χ3n) is 4.39. The molecule has 4 heteroatoms. The van der Waals surface area contributed by atoms with Crippen LogP contribution in [0.2, 0.25) is 5.02 Å². The minimum Gasteiger partial charge on any atom is -0.476 e. The summed E-state index contributed by atoms with van der Waals surface area (Å²) in [6.45, 7) is 3.80. The van der Waals surface area contributed by atoms with E-state index in [-0.39, 0.29) is 0 Å². The van der Waals surface area contributed by atoms with Crippen molar-refractivity contribution in [1.29, 1.82) is 0 Å². The third kappa shape index (κ3) is 4.21. The molecule has 1 saturated carbocycles. The minimum atomic E-state index is 0.559. The molecule has 3 nitrogen and oxygen atoms in total. The topological polar surface area (TPSA) is 34.1 Å². The molecular formula is C17H23ClN2O. The Morgan fingerprint density at radius 1 is 1.33 bits per heavy atom. The number of hydrogen-bond acceptors (Lipinski definition) is 3. The maximum absolute atomic E-state index is 6.29. The summed E-state index contributed by atoms with van der Waals surface area (Å²) in [5, 5.41) is 4.08. The fraction of sp³-hybridized carbons (Fsp3) is 0.588. The zero-order chi connectivity index (χ0) is 14.7. The van der Waals surface area contributed by atoms with E-state index in [0.29, 0.717) is 35.4 Å². The monoisotopic (exact) mass is 306 g/mol. The van der Waals surface area contributed by atoms with Gasteiger partial charge in [-0.3, -0.25) is 0 Å². The van der Waals surface area contributed by atoms with Crippen molar-refractivity contribution in [3.8, 4) is 5.88 Å². The summed E-state index contributed by atoms with van der Waals surface area (Å²) in [6, 6.07) is 2.66. The Morgan fingerprint density at radius 2 is 2.14 bits per heavy atom. The highest BCUT2D eigenvalue weighted by Gasteiger charge is 2.21. The smallest absolute Gasteiger partial charge is 0.232 e. The fourth-order valence-electron chi connectivity index (χ4n) is 2.64. The fourth-order valence-corrected chi connectivity index (χ4v) is 2.89. The minimum absolute atomic E-state index is 0.559. The Balaban J connectivity index is 1.53. The molecule has 3 rings (SSSR count). The first-order valence-corrected chi connectivity index (χ1v) is 8.26. The molecule has 0 saturated heterocycles. The second-order valence-electron chi connectivity index (χ2n) is 6.28. The predicted octanol–water partition coefficient (Wildman–Crippen LogP) is 3.97. The van der Waals surface area contributed by atoms with Crippen molar-refractivity contribution in [1.82, 2.24) is 10.3 Å². The molecule has 0 aliphatic heterocycles. The SMILES string of the molecule is CC1CC=CCC1COc1ncc(CNC2CC2)cc1Cl. The number of ether oxygens (including phenoxy) is 1. The third-order valence-corrected chi connectivity index (χ3v) is 4.66. The number of rotatable bonds is 6. The molecular weight excluding hydrogens is 284 g/mol. The van der Waals surface area contributed by atoms with E-state index in [2.05, 4.69) is 29.4 Å². The van der Waals surface area contributed by atoms with Crippen LogP contribution in [-0.2, 0) is 6.54 Å². The van der Waals surface area contributed by atoms with Crippen LogP contribution in [0.15, 0.2) is 24.4 Å². The lowest BCUT2D eigenvalue weighted by molar-refractivity contribution is 0.193. The van der Waals surface area contributed by atoms with Gasteiger partial charge in [0.05, 0.1) is 6.61 Å². The van der Waals surface area contributed by atoms with Crippen molar-refractivity contribution < 1.29 is 4.74 Å². The molecule has 2 unspecified atom stereocenters. The van der Waals surface area contributed by atoms with Gasteiger partial charge in [0.15, 0.2) is 0 Å². The van der Waals surface area contributed by atoms with Crippen LogP contribution in [0.3, 0.4) is 0 Å². The number of nitrogens with one attached hydrogen (secondary N) is 1. The first-order chi connectivity index (χ1) is 10.2. The molecule has 1 N–H and O–H groups in total. The van der Waals surface area contributed by atoms with Crippen molar-refractivity contribution >= 4 is 11.6 Å². The van der Waals surface area contributed by atoms with Crippen molar-refractivity contribution in [2.45, 2.75) is 45.2 Å². The lowest BCUT2D eigenvalue weighted by atomic mass is 9.85. The number of halogens is 1. The standard InChI is InChI=1S/C17H23ClN2O/c1-12-4-2-3-5-14(12)11-21-17-16(18)8-13(10-20-17)9-19-15-6-7-15/h2-3,8,10,12,14-15,19H,4-7,9,11H2,1H3. The van der Waals surface area contributed by atoms with Gasteiger partial charge in [0.1, 0.15) is 5.02 Å². The maximum Gasteiger partial charge on any atom is 0.232 e. The van der Waals surface area contributed by atoms with Gasteiger partial charge in [-0.1, -0.05) is 30.7 Å². The zero-order valence-corrected chi connectivity index (χ0v) is 13.3. The molecule has 0 spiro atoms. The normalized spacial score (nSPS) is 25.0. The second kappa shape index (κ2) is 6.80. The van der Waals surface area contributed by atoms with Crippen molar-refractivity contribution in [2.75, 3.05) is 6.61 Å². The average molecular weight is 307 g/mol. The van der Waals surface area contributed by atoms with Crippen LogP contribution >= 0.6 is 11.6 Å². The van der Waals surface area contributed by atoms with E-state index in [1.54, 1.807) is 0 Å². The summed E-state index contributed by atoms with van der Waals surface area (Å²) in [6.07, 6.45) is 11.2. The molecule has 1 fully saturated rings. The number of aromatic nitrogens is 1. The van der Waals surface area contributed by atoms with Gasteiger partial charge >= 0.3 is 0 Å². The highest BCUT2D eigenvalue weighted by molar-refractivity contribution is 6.31. The molecule has 2 aliphatic carbocycles. The Labute approximate surface area is 131 Å². The van der Waals surface area contributed by atoms with Crippen LogP contribution in [0.25, 0.3) is 0 Å². The molecule has 114 valence electrons. The van der Waals surface area contributed by atoms with Gasteiger partial charge < -0.3 is 10.1 Å². The van der Waals surface area contributed by atoms with Gasteiger partial charge in [-0.25, -0.2) is 4.98 Å². The van der Waals surface area contributed by atoms with Crippen LogP contribution in [0, 0.1) is 11.8 Å². The van der Waals surface area contributed by atoms with E-state index < -0.39 is 0 Å². The lowest BCUT2D eigenvalue weighted by Gasteiger charge is -2.25. The van der Waals surface area contributed by atoms with Gasteiger partial charge in [0.2, 0.25) is 5.88 Å². The predicted molar refractivity (Wildman–Crippen MR) is 85.6 cm³/mol. The largest absolute Gasteiger partial charge is 0.476 e. The van der Waals surface area contributed by atoms with Crippen LogP contribution in [-0.4, -0.2) is 17.6 Å². The Bertz CT molecular complexity index is 514. The Kier molecular flexibility index (Phi) is 4.81. The van der Waals surface area contributed by atoms with Crippen LogP contribution in [0.4, 0.5) is 0 Å². The number of nitrogens with zero attached hydrogens (tertiary/aromatic N) is 1. The molecule has 0 amide bonds. The van der Waals surface area contributed by atoms with Crippen molar-refractivity contribution in [2.24, 2.45) is 11.8 Å². The van der Waals surface area contributed by atoms with Crippen LogP contribution in [0.1, 0.15) is 38.2 Å². The number of hydrogen-bond donors (Lipinski definition) is 1. The molecule has 2 aliphatic rings. The molecule has 0 aromatic carbocycles. The maximum atomic E-state index is 6.29. The highest BCUT2D eigenvalue weighted by Crippen LogP contribution is 2.28. The van der Waals surface area contributed by atoms with Crippen LogP contribution < -0.4 is 10.1 Å². The van der Waals surface area contributed by atoms with E-state index in [4.69, 9.17) is 16.3 Å². The molecule has 0 bridgehead atoms. The first-order valence-electron chi connectivity index (χ1n) is 7.88. The van der Waals surface area contributed by atoms with Gasteiger partial charge in [0.25, 0.3) is 0 Å². The highest BCUT2D eigenvalue weighted by atomic mass is 35.5. The van der Waals surface area contributed by atoms with Gasteiger partial charge in [0, 0.05) is 18.8 Å². The summed E-state index contributed by atoms with van der Waals surface area (Å²) < 4.78 is 5.84. The van der Waals surface area contributed by atoms with Crippen molar-refractivity contribution in [3.05, 3.63) is 35.0 Å². The first kappa shape index (κ1) is 14.9. The van der Waals surface area contributed by atoms with Gasteiger partial charge in [-0.15, -0.1) is 0 Å². The Hall–Kier alpha value is -1.06. The summed E-state index contributed by atoms with van der Waals surface area (Å²) in [4.78, 5) is 4.37. The summed E-state index contributed by atoms with van der Waals surface area (Å²) in [5.74, 6) is 1.79. The summed E-state index contributed by atoms with van der Waals surface area (Å²) in [5.41, 5.74) is 1.12. The van der Waals surface area contributed by atoms with E-state index in [0.717, 1.165) is 24.9 Å². The zero-order valence-electron chi connectivity index (χ0n) is 12.5. The number of allylic oxidation sites excluding steroid dienone is 2. The number of pyridine rings is 1. The molecule has 21 heavy (non-hydrogen) atoms. The lowest BCUT2D eigenvalue weighted by Crippen LogP contribution is -2.21. The quantitative estimate of drug-likeness (QED) is 0.808. The molecule has 2 atom stereocenters. The summed E-state index contributed by atoms with van der Waals surface area (Å²) >= 11 is 6.29. The van der Waals surface area contributed by atoms with E-state index >= 15 is 0 Å². The summed E-state index contributed by atoms with van der Waals surface area (Å²) in [7, 11) is 0. The Morgan fingerprint density at radius 3 is 2.86 bits per heavy atom. The average Bonchev–Trinajstić information content (AvgIpc) is 3.30. The van der Waals surface area contributed by atoms with E-state index in [1.165, 1.54) is 12.8 Å². The molecule has 1 heterocycles. The molecule has 1 aromatic heterocycles. The van der Waals surface area contributed by atoms with E-state index in [9.17, 15) is 0 Å². The van der Waals surface area contributed by atoms with Gasteiger partial charge in [-0.2, -0.15) is 0 Å². The van der Waals surface area contributed by atoms with Crippen molar-refractivity contribution in [3.63, 3.8) is 0 Å². The van der Waals surface area contributed by atoms with Crippen LogP contribution in [0.5, 0.6) is 5.88 Å². The second-order valence-corrected chi connectivity index (χ2v) is 6.68. The molecule has 1 aromatic rings.